The van der Waals surface area contributed by atoms with Crippen LogP contribution in [0.5, 0.6) is 5.75 Å². The Balaban J connectivity index is 1.51. The first-order valence-corrected chi connectivity index (χ1v) is 11.7. The van der Waals surface area contributed by atoms with E-state index in [0.717, 1.165) is 18.3 Å². The molecule has 0 amide bonds. The Kier molecular flexibility index (Phi) is 7.91. The van der Waals surface area contributed by atoms with Crippen molar-refractivity contribution in [1.82, 2.24) is 9.97 Å². The van der Waals surface area contributed by atoms with Crippen LogP contribution in [0.2, 0.25) is 5.02 Å². The Labute approximate surface area is 216 Å². The molecule has 14 heteroatoms. The van der Waals surface area contributed by atoms with Gasteiger partial charge in [-0.2, -0.15) is 23.3 Å². The first kappa shape index (κ1) is 26.0. The first-order chi connectivity index (χ1) is 17.1. The van der Waals surface area contributed by atoms with Crippen molar-refractivity contribution < 1.29 is 27.4 Å². The van der Waals surface area contributed by atoms with E-state index in [0.29, 0.717) is 30.8 Å². The molecule has 2 heterocycles. The highest BCUT2D eigenvalue weighted by Gasteiger charge is 2.30. The number of halogens is 6. The quantitative estimate of drug-likeness (QED) is 0.248. The van der Waals surface area contributed by atoms with Crippen molar-refractivity contribution in [1.29, 1.82) is 0 Å². The van der Waals surface area contributed by atoms with E-state index in [1.165, 1.54) is 18.2 Å². The molecule has 1 aliphatic rings. The van der Waals surface area contributed by atoms with Gasteiger partial charge in [0.15, 0.2) is 11.6 Å². The van der Waals surface area contributed by atoms with E-state index in [1.54, 1.807) is 4.90 Å². The fourth-order valence-corrected chi connectivity index (χ4v) is 4.34. The maximum Gasteiger partial charge on any atom is 0.416 e. The number of ether oxygens (including phenoxy) is 1. The van der Waals surface area contributed by atoms with Gasteiger partial charge in [0, 0.05) is 28.8 Å². The molecule has 1 aliphatic heterocycles. The van der Waals surface area contributed by atoms with Gasteiger partial charge in [-0.15, -0.1) is 5.11 Å². The summed E-state index contributed by atoms with van der Waals surface area (Å²) in [4.78, 5) is 9.64. The monoisotopic (exact) mass is 588 g/mol. The minimum Gasteiger partial charge on any atom is -0.506 e. The maximum absolute atomic E-state index is 14.2. The zero-order chi connectivity index (χ0) is 25.9. The second-order valence-electron chi connectivity index (χ2n) is 7.60. The third-order valence-electron chi connectivity index (χ3n) is 5.16. The van der Waals surface area contributed by atoms with E-state index in [9.17, 15) is 22.7 Å². The van der Waals surface area contributed by atoms with Crippen LogP contribution in [0.15, 0.2) is 51.2 Å². The van der Waals surface area contributed by atoms with E-state index in [4.69, 9.17) is 16.3 Å². The third-order valence-corrected chi connectivity index (χ3v) is 6.15. The van der Waals surface area contributed by atoms with Gasteiger partial charge in [0.25, 0.3) is 5.95 Å². The normalized spacial score (nSPS) is 14.4. The Hall–Kier alpha value is -3.03. The molecular formula is C22H18BrClF4N6O2. The van der Waals surface area contributed by atoms with Crippen molar-refractivity contribution >= 4 is 50.7 Å². The summed E-state index contributed by atoms with van der Waals surface area (Å²) in [5, 5.41) is 21.1. The number of hydrogen-bond donors (Lipinski definition) is 2. The summed E-state index contributed by atoms with van der Waals surface area (Å²) >= 11 is 9.60. The van der Waals surface area contributed by atoms with Gasteiger partial charge in [0.1, 0.15) is 10.8 Å². The van der Waals surface area contributed by atoms with Gasteiger partial charge >= 0.3 is 6.18 Å². The van der Waals surface area contributed by atoms with E-state index < -0.39 is 17.6 Å². The van der Waals surface area contributed by atoms with Crippen LogP contribution < -0.4 is 10.2 Å². The number of benzene rings is 2. The predicted molar refractivity (Wildman–Crippen MR) is 129 cm³/mol. The van der Waals surface area contributed by atoms with Crippen molar-refractivity contribution in [2.45, 2.75) is 12.7 Å². The predicted octanol–water partition coefficient (Wildman–Crippen LogP) is 6.62. The number of aromatic nitrogens is 2. The molecule has 0 spiro atoms. The number of nitrogens with one attached hydrogen (secondary N) is 1. The zero-order valence-corrected chi connectivity index (χ0v) is 20.7. The number of phenolic OH excluding ortho intramolecular Hbond substituents is 1. The molecule has 2 N–H and O–H groups in total. The Morgan fingerprint density at radius 3 is 2.69 bits per heavy atom. The molecule has 36 heavy (non-hydrogen) atoms. The Morgan fingerprint density at radius 1 is 1.22 bits per heavy atom. The number of nitrogens with zero attached hydrogens (tertiary/aromatic N) is 5. The minimum absolute atomic E-state index is 0.0645. The summed E-state index contributed by atoms with van der Waals surface area (Å²) in [6.07, 6.45) is -3.50. The van der Waals surface area contributed by atoms with Crippen molar-refractivity contribution in [2.75, 3.05) is 36.5 Å². The second kappa shape index (κ2) is 10.9. The highest BCUT2D eigenvalue weighted by molar-refractivity contribution is 9.10. The summed E-state index contributed by atoms with van der Waals surface area (Å²) in [7, 11) is 0. The lowest BCUT2D eigenvalue weighted by Gasteiger charge is -2.27. The van der Waals surface area contributed by atoms with Crippen LogP contribution in [0.25, 0.3) is 0 Å². The van der Waals surface area contributed by atoms with E-state index >= 15 is 0 Å². The topological polar surface area (TPSA) is 95.2 Å². The van der Waals surface area contributed by atoms with E-state index in [1.807, 2.05) is 0 Å². The molecule has 0 radical (unpaired) electrons. The van der Waals surface area contributed by atoms with Gasteiger partial charge in [-0.1, -0.05) is 17.7 Å². The number of azo groups is 1. The molecule has 190 valence electrons. The van der Waals surface area contributed by atoms with Gasteiger partial charge in [-0.05, 0) is 40.2 Å². The number of aromatic hydroxyl groups is 1. The molecule has 3 aromatic rings. The maximum atomic E-state index is 14.2. The van der Waals surface area contributed by atoms with Crippen LogP contribution in [0, 0.1) is 5.82 Å². The van der Waals surface area contributed by atoms with E-state index in [-0.39, 0.29) is 46.0 Å². The van der Waals surface area contributed by atoms with Crippen LogP contribution in [0.1, 0.15) is 11.1 Å². The average molecular weight is 590 g/mol. The van der Waals surface area contributed by atoms with Crippen molar-refractivity contribution in [3.8, 4) is 5.75 Å². The highest BCUT2D eigenvalue weighted by atomic mass is 79.9. The largest absolute Gasteiger partial charge is 0.506 e. The molecule has 1 aromatic heterocycles. The van der Waals surface area contributed by atoms with Gasteiger partial charge in [0.05, 0.1) is 37.2 Å². The number of alkyl halides is 3. The minimum atomic E-state index is -4.51. The SMILES string of the molecule is Oc1c(CN=Nc2ncc(F)c(N3CCOCC3)n2)cc(Br)c(Nc2cccc(C(F)(F)F)c2)c1Cl. The van der Waals surface area contributed by atoms with Crippen molar-refractivity contribution in [2.24, 2.45) is 10.2 Å². The molecule has 1 saturated heterocycles. The standard InChI is InChI=1S/C22H18BrClF4N6O2/c23-15-8-12(10-30-33-21-29-11-16(25)20(32-21)34-4-6-36-7-5-34)19(35)17(24)18(15)31-14-3-1-2-13(9-14)22(26,27)28/h1-3,8-9,11,31,35H,4-7,10H2. The van der Waals surface area contributed by atoms with Gasteiger partial charge in [0.2, 0.25) is 0 Å². The lowest BCUT2D eigenvalue weighted by atomic mass is 10.1. The molecule has 0 atom stereocenters. The average Bonchev–Trinajstić information content (AvgIpc) is 2.86. The Bertz CT molecular complexity index is 1290. The number of phenols is 1. The number of rotatable bonds is 6. The van der Waals surface area contributed by atoms with E-state index in [2.05, 4.69) is 41.4 Å². The van der Waals surface area contributed by atoms with Crippen LogP contribution in [-0.4, -0.2) is 41.4 Å². The Morgan fingerprint density at radius 2 is 1.97 bits per heavy atom. The molecule has 4 rings (SSSR count). The lowest BCUT2D eigenvalue weighted by molar-refractivity contribution is -0.137. The smallest absolute Gasteiger partial charge is 0.416 e. The van der Waals surface area contributed by atoms with Crippen LogP contribution in [0.3, 0.4) is 0 Å². The summed E-state index contributed by atoms with van der Waals surface area (Å²) in [5.41, 5.74) is -0.253. The molecule has 0 saturated carbocycles. The lowest BCUT2D eigenvalue weighted by Crippen LogP contribution is -2.37. The van der Waals surface area contributed by atoms with Crippen molar-refractivity contribution in [3.05, 3.63) is 63.0 Å². The first-order valence-electron chi connectivity index (χ1n) is 10.5. The molecule has 1 fully saturated rings. The van der Waals surface area contributed by atoms with Gasteiger partial charge in [-0.25, -0.2) is 9.37 Å². The van der Waals surface area contributed by atoms with Crippen molar-refractivity contribution in [3.63, 3.8) is 0 Å². The zero-order valence-electron chi connectivity index (χ0n) is 18.4. The van der Waals surface area contributed by atoms with Gasteiger partial charge in [-0.3, -0.25) is 0 Å². The van der Waals surface area contributed by atoms with Gasteiger partial charge < -0.3 is 20.1 Å². The molecule has 0 unspecified atom stereocenters. The number of anilines is 3. The molecular weight excluding hydrogens is 572 g/mol. The fraction of sp³-hybridized carbons (Fsp3) is 0.273. The molecule has 0 aliphatic carbocycles. The summed E-state index contributed by atoms with van der Waals surface area (Å²) < 4.78 is 58.8. The summed E-state index contributed by atoms with van der Waals surface area (Å²) in [6, 6.07) is 6.06. The number of hydrogen-bond acceptors (Lipinski definition) is 8. The second-order valence-corrected chi connectivity index (χ2v) is 8.83. The van der Waals surface area contributed by atoms with Crippen LogP contribution in [0.4, 0.5) is 40.7 Å². The van der Waals surface area contributed by atoms with Crippen LogP contribution in [-0.2, 0) is 17.5 Å². The third kappa shape index (κ3) is 6.02. The van der Waals surface area contributed by atoms with Crippen LogP contribution >= 0.6 is 27.5 Å². The summed E-state index contributed by atoms with van der Waals surface area (Å²) in [6.45, 7) is 1.74. The number of morpholine rings is 1. The molecule has 8 nitrogen and oxygen atoms in total. The molecule has 2 aromatic carbocycles. The fourth-order valence-electron chi connectivity index (χ4n) is 3.38. The highest BCUT2D eigenvalue weighted by Crippen LogP contribution is 2.42. The summed E-state index contributed by atoms with van der Waals surface area (Å²) in [5.74, 6) is -0.887. The molecule has 0 bridgehead atoms.